The summed E-state index contributed by atoms with van der Waals surface area (Å²) in [5, 5.41) is 9.43. The van der Waals surface area contributed by atoms with Gasteiger partial charge < -0.3 is 14.6 Å². The highest BCUT2D eigenvalue weighted by atomic mass is 16.5. The molecule has 1 atom stereocenters. The molecule has 0 aromatic heterocycles. The highest BCUT2D eigenvalue weighted by Crippen LogP contribution is 2.46. The van der Waals surface area contributed by atoms with Crippen molar-refractivity contribution in [3.63, 3.8) is 0 Å². The van der Waals surface area contributed by atoms with E-state index in [1.165, 1.54) is 7.11 Å². The summed E-state index contributed by atoms with van der Waals surface area (Å²) < 4.78 is 10.5. The number of benzene rings is 2. The first-order valence-corrected chi connectivity index (χ1v) is 7.62. The summed E-state index contributed by atoms with van der Waals surface area (Å²) in [6.45, 7) is -0.0595. The second-order valence-electron chi connectivity index (χ2n) is 5.78. The van der Waals surface area contributed by atoms with Gasteiger partial charge in [0.15, 0.2) is 0 Å². The van der Waals surface area contributed by atoms with Crippen LogP contribution in [0.15, 0.2) is 42.5 Å². The van der Waals surface area contributed by atoms with Gasteiger partial charge in [-0.1, -0.05) is 30.3 Å². The Kier molecular flexibility index (Phi) is 4.09. The van der Waals surface area contributed by atoms with Gasteiger partial charge in [-0.3, -0.25) is 4.79 Å². The molecule has 2 aromatic rings. The van der Waals surface area contributed by atoms with Crippen molar-refractivity contribution in [1.82, 2.24) is 0 Å². The van der Waals surface area contributed by atoms with Crippen molar-refractivity contribution >= 4 is 5.97 Å². The maximum absolute atomic E-state index is 12.8. The lowest BCUT2D eigenvalue weighted by molar-refractivity contribution is -0.145. The lowest BCUT2D eigenvalue weighted by atomic mass is 9.75. The summed E-state index contributed by atoms with van der Waals surface area (Å²) in [6.07, 6.45) is 1.45. The number of fused-ring (bicyclic) bond motifs is 1. The number of hydrogen-bond acceptors (Lipinski definition) is 4. The van der Waals surface area contributed by atoms with Crippen molar-refractivity contribution in [3.8, 4) is 5.75 Å². The Morgan fingerprint density at radius 1 is 1.22 bits per heavy atom. The van der Waals surface area contributed by atoms with Gasteiger partial charge in [0, 0.05) is 0 Å². The van der Waals surface area contributed by atoms with E-state index in [1.807, 2.05) is 42.5 Å². The highest BCUT2D eigenvalue weighted by molar-refractivity contribution is 5.89. The molecule has 0 saturated heterocycles. The summed E-state index contributed by atoms with van der Waals surface area (Å²) in [4.78, 5) is 12.8. The maximum atomic E-state index is 12.8. The van der Waals surface area contributed by atoms with Gasteiger partial charge in [-0.05, 0) is 47.2 Å². The predicted octanol–water partition coefficient (Wildman–Crippen LogP) is 2.59. The predicted molar refractivity (Wildman–Crippen MR) is 86.5 cm³/mol. The molecule has 0 bridgehead atoms. The minimum Gasteiger partial charge on any atom is -0.497 e. The molecular weight excluding hydrogens is 292 g/mol. The first-order valence-electron chi connectivity index (χ1n) is 7.62. The lowest BCUT2D eigenvalue weighted by Gasteiger charge is -2.28. The van der Waals surface area contributed by atoms with Crippen LogP contribution in [0.4, 0.5) is 0 Å². The number of carbonyl (C=O) groups excluding carboxylic acids is 1. The molecule has 1 aliphatic carbocycles. The molecule has 1 unspecified atom stereocenters. The standard InChI is InChI=1S/C19H20O4/c1-22-16-7-6-14-8-9-19(17(14)11-16,18(21)23-2)15-5-3-4-13(10-15)12-20/h3-7,10-11,20H,8-9,12H2,1-2H3. The zero-order valence-corrected chi connectivity index (χ0v) is 13.3. The number of aryl methyl sites for hydroxylation is 1. The molecule has 4 heteroatoms. The summed E-state index contributed by atoms with van der Waals surface area (Å²) in [5.41, 5.74) is 2.85. The monoisotopic (exact) mass is 312 g/mol. The number of aliphatic hydroxyl groups excluding tert-OH is 1. The van der Waals surface area contributed by atoms with Crippen LogP contribution in [0.25, 0.3) is 0 Å². The van der Waals surface area contributed by atoms with Crippen molar-refractivity contribution in [2.24, 2.45) is 0 Å². The topological polar surface area (TPSA) is 55.8 Å². The number of hydrogen-bond donors (Lipinski definition) is 1. The third-order valence-corrected chi connectivity index (χ3v) is 4.68. The van der Waals surface area contributed by atoms with Crippen LogP contribution in [0.5, 0.6) is 5.75 Å². The number of methoxy groups -OCH3 is 2. The lowest BCUT2D eigenvalue weighted by Crippen LogP contribution is -2.36. The van der Waals surface area contributed by atoms with Crippen molar-refractivity contribution in [2.45, 2.75) is 24.9 Å². The molecule has 23 heavy (non-hydrogen) atoms. The Bertz CT molecular complexity index is 738. The van der Waals surface area contributed by atoms with Gasteiger partial charge in [0.1, 0.15) is 11.2 Å². The van der Waals surface area contributed by atoms with E-state index in [4.69, 9.17) is 9.47 Å². The third-order valence-electron chi connectivity index (χ3n) is 4.68. The summed E-state index contributed by atoms with van der Waals surface area (Å²) in [5.74, 6) is 0.442. The van der Waals surface area contributed by atoms with Crippen molar-refractivity contribution in [3.05, 3.63) is 64.7 Å². The Morgan fingerprint density at radius 3 is 2.74 bits per heavy atom. The van der Waals surface area contributed by atoms with Gasteiger partial charge in [0.05, 0.1) is 20.8 Å². The smallest absolute Gasteiger partial charge is 0.320 e. The summed E-state index contributed by atoms with van der Waals surface area (Å²) in [6, 6.07) is 13.4. The number of esters is 1. The Hall–Kier alpha value is -2.33. The molecule has 2 aromatic carbocycles. The number of ether oxygens (including phenoxy) is 2. The van der Waals surface area contributed by atoms with Crippen molar-refractivity contribution < 1.29 is 19.4 Å². The second-order valence-corrected chi connectivity index (χ2v) is 5.78. The van der Waals surface area contributed by atoms with Crippen LogP contribution in [0.3, 0.4) is 0 Å². The van der Waals surface area contributed by atoms with Crippen LogP contribution in [0, 0.1) is 0 Å². The minimum absolute atomic E-state index is 0.0595. The van der Waals surface area contributed by atoms with Crippen LogP contribution >= 0.6 is 0 Å². The molecule has 0 amide bonds. The zero-order chi connectivity index (χ0) is 16.4. The normalized spacial score (nSPS) is 19.3. The largest absolute Gasteiger partial charge is 0.497 e. The van der Waals surface area contributed by atoms with E-state index < -0.39 is 5.41 Å². The first kappa shape index (κ1) is 15.6. The fourth-order valence-electron chi connectivity index (χ4n) is 3.49. The van der Waals surface area contributed by atoms with Gasteiger partial charge in [0.2, 0.25) is 0 Å². The van der Waals surface area contributed by atoms with Gasteiger partial charge in [-0.25, -0.2) is 0 Å². The summed E-state index contributed by atoms with van der Waals surface area (Å²) in [7, 11) is 3.03. The number of rotatable bonds is 4. The van der Waals surface area contributed by atoms with Gasteiger partial charge in [-0.15, -0.1) is 0 Å². The van der Waals surface area contributed by atoms with Crippen molar-refractivity contribution in [1.29, 1.82) is 0 Å². The fourth-order valence-corrected chi connectivity index (χ4v) is 3.49. The second kappa shape index (κ2) is 6.05. The van der Waals surface area contributed by atoms with Crippen LogP contribution in [0.2, 0.25) is 0 Å². The molecule has 0 aliphatic heterocycles. The van der Waals surface area contributed by atoms with Crippen LogP contribution in [0.1, 0.15) is 28.7 Å². The molecule has 1 aliphatic rings. The van der Waals surface area contributed by atoms with Gasteiger partial charge in [0.25, 0.3) is 0 Å². The average Bonchev–Trinajstić information content (AvgIpc) is 3.00. The molecule has 120 valence electrons. The van der Waals surface area contributed by atoms with E-state index in [0.29, 0.717) is 6.42 Å². The highest BCUT2D eigenvalue weighted by Gasteiger charge is 2.48. The molecular formula is C19H20O4. The van der Waals surface area contributed by atoms with E-state index in [1.54, 1.807) is 7.11 Å². The SMILES string of the molecule is COC(=O)C1(c2cccc(CO)c2)CCc2ccc(OC)cc21. The van der Waals surface area contributed by atoms with E-state index in [-0.39, 0.29) is 12.6 Å². The molecule has 4 nitrogen and oxygen atoms in total. The molecule has 0 fully saturated rings. The first-order chi connectivity index (χ1) is 11.2. The zero-order valence-electron chi connectivity index (χ0n) is 13.3. The summed E-state index contributed by atoms with van der Waals surface area (Å²) >= 11 is 0. The van der Waals surface area contributed by atoms with Crippen LogP contribution in [-0.2, 0) is 28.0 Å². The molecule has 0 heterocycles. The average molecular weight is 312 g/mol. The van der Waals surface area contributed by atoms with E-state index in [0.717, 1.165) is 34.4 Å². The van der Waals surface area contributed by atoms with Crippen LogP contribution in [-0.4, -0.2) is 25.3 Å². The maximum Gasteiger partial charge on any atom is 0.320 e. The number of carbonyl (C=O) groups is 1. The Balaban J connectivity index is 2.23. The quantitative estimate of drug-likeness (QED) is 0.882. The molecule has 0 radical (unpaired) electrons. The molecule has 3 rings (SSSR count). The number of aliphatic hydroxyl groups is 1. The molecule has 0 spiro atoms. The van der Waals surface area contributed by atoms with E-state index in [9.17, 15) is 9.90 Å². The third kappa shape index (κ3) is 2.39. The fraction of sp³-hybridized carbons (Fsp3) is 0.316. The van der Waals surface area contributed by atoms with Gasteiger partial charge >= 0.3 is 5.97 Å². The van der Waals surface area contributed by atoms with E-state index >= 15 is 0 Å². The molecule has 0 saturated carbocycles. The minimum atomic E-state index is -0.843. The molecule has 1 N–H and O–H groups in total. The Morgan fingerprint density at radius 2 is 2.04 bits per heavy atom. The van der Waals surface area contributed by atoms with Crippen LogP contribution < -0.4 is 4.74 Å². The van der Waals surface area contributed by atoms with E-state index in [2.05, 4.69) is 0 Å². The van der Waals surface area contributed by atoms with Crippen molar-refractivity contribution in [2.75, 3.05) is 14.2 Å². The van der Waals surface area contributed by atoms with Gasteiger partial charge in [-0.2, -0.15) is 0 Å². The Labute approximate surface area is 135 Å².